The molecule has 35 heavy (non-hydrogen) atoms. The molecule has 0 aliphatic carbocycles. The molecule has 0 aromatic heterocycles. The number of ether oxygens (including phenoxy) is 1. The monoisotopic (exact) mass is 476 g/mol. The van der Waals surface area contributed by atoms with Crippen molar-refractivity contribution in [1.82, 2.24) is 4.90 Å². The zero-order chi connectivity index (χ0) is 23.9. The third kappa shape index (κ3) is 5.89. The number of hydrogen-bond donors (Lipinski definition) is 0. The molecule has 4 nitrogen and oxygen atoms in total. The Balaban J connectivity index is 1.35. The van der Waals surface area contributed by atoms with Crippen molar-refractivity contribution in [2.45, 2.75) is 13.2 Å². The summed E-state index contributed by atoms with van der Waals surface area (Å²) in [5.74, 6) is 0.747. The van der Waals surface area contributed by atoms with Crippen LogP contribution in [0.1, 0.15) is 16.7 Å². The highest BCUT2D eigenvalue weighted by molar-refractivity contribution is 8.18. The highest BCUT2D eigenvalue weighted by Gasteiger charge is 2.33. The van der Waals surface area contributed by atoms with Crippen molar-refractivity contribution in [1.29, 1.82) is 0 Å². The van der Waals surface area contributed by atoms with Crippen LogP contribution < -0.4 is 4.74 Å². The van der Waals surface area contributed by atoms with Gasteiger partial charge in [0.15, 0.2) is 5.17 Å². The van der Waals surface area contributed by atoms with Gasteiger partial charge >= 0.3 is 0 Å². The summed E-state index contributed by atoms with van der Waals surface area (Å²) in [4.78, 5) is 20.5. The molecule has 0 spiro atoms. The average molecular weight is 477 g/mol. The van der Waals surface area contributed by atoms with E-state index in [9.17, 15) is 4.79 Å². The Morgan fingerprint density at radius 1 is 0.743 bits per heavy atom. The van der Waals surface area contributed by atoms with Crippen LogP contribution in [-0.2, 0) is 17.9 Å². The van der Waals surface area contributed by atoms with Gasteiger partial charge in [0.25, 0.3) is 5.91 Å². The Kier molecular flexibility index (Phi) is 7.06. The van der Waals surface area contributed by atoms with Gasteiger partial charge in [-0.3, -0.25) is 9.69 Å². The summed E-state index contributed by atoms with van der Waals surface area (Å²) in [5.41, 5.74) is 3.94. The van der Waals surface area contributed by atoms with Gasteiger partial charge in [-0.05, 0) is 58.8 Å². The number of carbonyl (C=O) groups is 1. The lowest BCUT2D eigenvalue weighted by molar-refractivity contribution is -0.122. The van der Waals surface area contributed by atoms with Crippen molar-refractivity contribution in [3.8, 4) is 5.75 Å². The Morgan fingerprint density at radius 3 is 2.00 bits per heavy atom. The lowest BCUT2D eigenvalue weighted by atomic mass is 10.2. The van der Waals surface area contributed by atoms with Crippen molar-refractivity contribution in [3.05, 3.63) is 137 Å². The van der Waals surface area contributed by atoms with Gasteiger partial charge in [0.05, 0.1) is 17.1 Å². The van der Waals surface area contributed by atoms with E-state index in [-0.39, 0.29) is 5.91 Å². The maximum absolute atomic E-state index is 13.4. The van der Waals surface area contributed by atoms with E-state index >= 15 is 0 Å². The van der Waals surface area contributed by atoms with Gasteiger partial charge in [0.2, 0.25) is 0 Å². The number of amidine groups is 1. The van der Waals surface area contributed by atoms with Crippen molar-refractivity contribution >= 4 is 34.6 Å². The average Bonchev–Trinajstić information content (AvgIpc) is 3.19. The van der Waals surface area contributed by atoms with E-state index < -0.39 is 0 Å². The van der Waals surface area contributed by atoms with Crippen LogP contribution >= 0.6 is 11.8 Å². The van der Waals surface area contributed by atoms with Crippen LogP contribution in [0.15, 0.2) is 125 Å². The minimum atomic E-state index is -0.0436. The van der Waals surface area contributed by atoms with Crippen LogP contribution in [0.4, 0.5) is 5.69 Å². The summed E-state index contributed by atoms with van der Waals surface area (Å²) in [6, 6.07) is 37.6. The fraction of sp³-hybridized carbons (Fsp3) is 0.0667. The normalized spacial score (nSPS) is 15.7. The molecule has 5 rings (SSSR count). The number of amides is 1. The van der Waals surface area contributed by atoms with Gasteiger partial charge in [-0.1, -0.05) is 91.0 Å². The zero-order valence-electron chi connectivity index (χ0n) is 19.1. The van der Waals surface area contributed by atoms with Crippen molar-refractivity contribution in [3.63, 3.8) is 0 Å². The van der Waals surface area contributed by atoms with Crippen molar-refractivity contribution in [2.75, 3.05) is 0 Å². The number of nitrogens with zero attached hydrogens (tertiary/aromatic N) is 2. The summed E-state index contributed by atoms with van der Waals surface area (Å²) >= 11 is 1.40. The molecular formula is C30H24N2O2S. The van der Waals surface area contributed by atoms with Gasteiger partial charge in [0.1, 0.15) is 12.4 Å². The van der Waals surface area contributed by atoms with Crippen molar-refractivity contribution in [2.24, 2.45) is 4.99 Å². The number of para-hydroxylation sites is 1. The quantitative estimate of drug-likeness (QED) is 0.268. The van der Waals surface area contributed by atoms with Crippen LogP contribution in [0, 0.1) is 0 Å². The summed E-state index contributed by atoms with van der Waals surface area (Å²) in [7, 11) is 0. The maximum atomic E-state index is 13.4. The number of carbonyl (C=O) groups excluding carboxylic acids is 1. The smallest absolute Gasteiger partial charge is 0.267 e. The van der Waals surface area contributed by atoms with E-state index in [1.165, 1.54) is 11.8 Å². The first-order valence-electron chi connectivity index (χ1n) is 11.4. The van der Waals surface area contributed by atoms with Crippen LogP contribution in [0.5, 0.6) is 5.75 Å². The molecule has 172 valence electrons. The maximum Gasteiger partial charge on any atom is 0.267 e. The minimum Gasteiger partial charge on any atom is -0.489 e. The molecule has 1 aliphatic rings. The first-order valence-corrected chi connectivity index (χ1v) is 12.2. The highest BCUT2D eigenvalue weighted by Crippen LogP contribution is 2.35. The number of aliphatic imine (C=N–C) groups is 1. The van der Waals surface area contributed by atoms with Gasteiger partial charge in [-0.2, -0.15) is 0 Å². The predicted molar refractivity (Wildman–Crippen MR) is 143 cm³/mol. The lowest BCUT2D eigenvalue weighted by Gasteiger charge is -2.15. The summed E-state index contributed by atoms with van der Waals surface area (Å²) < 4.78 is 5.88. The summed E-state index contributed by atoms with van der Waals surface area (Å²) in [6.45, 7) is 0.991. The fourth-order valence-corrected chi connectivity index (χ4v) is 4.66. The summed E-state index contributed by atoms with van der Waals surface area (Å²) in [6.07, 6.45) is 1.92. The van der Waals surface area contributed by atoms with E-state index in [1.807, 2.05) is 121 Å². The van der Waals surface area contributed by atoms with Gasteiger partial charge in [-0.15, -0.1) is 0 Å². The van der Waals surface area contributed by atoms with Gasteiger partial charge in [-0.25, -0.2) is 4.99 Å². The van der Waals surface area contributed by atoms with E-state index in [0.29, 0.717) is 23.2 Å². The largest absolute Gasteiger partial charge is 0.489 e. The predicted octanol–water partition coefficient (Wildman–Crippen LogP) is 7.07. The van der Waals surface area contributed by atoms with Crippen LogP contribution in [0.2, 0.25) is 0 Å². The van der Waals surface area contributed by atoms with Crippen molar-refractivity contribution < 1.29 is 9.53 Å². The molecule has 1 aliphatic heterocycles. The third-order valence-electron chi connectivity index (χ3n) is 5.48. The molecule has 0 atom stereocenters. The molecule has 4 aromatic rings. The fourth-order valence-electron chi connectivity index (χ4n) is 3.66. The first-order chi connectivity index (χ1) is 17.2. The molecule has 0 N–H and O–H groups in total. The molecule has 1 amide bonds. The molecular weight excluding hydrogens is 452 g/mol. The molecule has 1 fully saturated rings. The Morgan fingerprint density at radius 2 is 1.34 bits per heavy atom. The standard InChI is InChI=1S/C30H24N2O2S/c33-29-28(20-23-16-18-27(19-17-23)34-22-25-12-6-2-7-13-25)35-30(31-26-14-8-3-9-15-26)32(29)21-24-10-4-1-5-11-24/h1-20H,21-22H2/b28-20+,31-30?. The number of benzene rings is 4. The SMILES string of the molecule is O=C1/C(=C\c2ccc(OCc3ccccc3)cc2)SC(=Nc2ccccc2)N1Cc1ccccc1. The zero-order valence-corrected chi connectivity index (χ0v) is 19.9. The van der Waals surface area contributed by atoms with Crippen LogP contribution in [0.25, 0.3) is 6.08 Å². The van der Waals surface area contributed by atoms with E-state index in [0.717, 1.165) is 28.1 Å². The first kappa shape index (κ1) is 22.7. The number of hydrogen-bond acceptors (Lipinski definition) is 4. The minimum absolute atomic E-state index is 0.0436. The molecule has 0 radical (unpaired) electrons. The van der Waals surface area contributed by atoms with E-state index in [2.05, 4.69) is 0 Å². The third-order valence-corrected chi connectivity index (χ3v) is 6.49. The van der Waals surface area contributed by atoms with Crippen LogP contribution in [-0.4, -0.2) is 16.0 Å². The lowest BCUT2D eigenvalue weighted by Crippen LogP contribution is -2.28. The second-order valence-corrected chi connectivity index (χ2v) is 9.07. The topological polar surface area (TPSA) is 41.9 Å². The van der Waals surface area contributed by atoms with Gasteiger partial charge < -0.3 is 4.74 Å². The molecule has 0 saturated carbocycles. The highest BCUT2D eigenvalue weighted by atomic mass is 32.2. The second-order valence-electron chi connectivity index (χ2n) is 8.06. The molecule has 4 aromatic carbocycles. The number of rotatable bonds is 7. The second kappa shape index (κ2) is 10.9. The molecule has 1 heterocycles. The Hall–Kier alpha value is -4.09. The number of thioether (sulfide) groups is 1. The van der Waals surface area contributed by atoms with E-state index in [1.54, 1.807) is 4.90 Å². The molecule has 0 bridgehead atoms. The molecule has 0 unspecified atom stereocenters. The van der Waals surface area contributed by atoms with Gasteiger partial charge in [0, 0.05) is 0 Å². The molecule has 5 heteroatoms. The van der Waals surface area contributed by atoms with Crippen LogP contribution in [0.3, 0.4) is 0 Å². The summed E-state index contributed by atoms with van der Waals surface area (Å²) in [5, 5.41) is 0.680. The molecule has 1 saturated heterocycles. The van der Waals surface area contributed by atoms with E-state index in [4.69, 9.17) is 9.73 Å². The Labute approximate surface area is 209 Å². The Bertz CT molecular complexity index is 1340.